The Bertz CT molecular complexity index is 563. The van der Waals surface area contributed by atoms with Crippen LogP contribution in [0.15, 0.2) is 35.3 Å². The summed E-state index contributed by atoms with van der Waals surface area (Å²) in [6, 6.07) is 10.8. The summed E-state index contributed by atoms with van der Waals surface area (Å²) in [6.07, 6.45) is 10.8. The Kier molecular flexibility index (Phi) is 5.17. The van der Waals surface area contributed by atoms with Gasteiger partial charge in [-0.3, -0.25) is 0 Å². The van der Waals surface area contributed by atoms with Crippen LogP contribution >= 0.6 is 0 Å². The minimum absolute atomic E-state index is 0.164. The summed E-state index contributed by atoms with van der Waals surface area (Å²) in [5.74, 6) is 1.40. The van der Waals surface area contributed by atoms with Crippen molar-refractivity contribution in [3.63, 3.8) is 0 Å². The molecule has 1 aromatic carbocycles. The number of rotatable bonds is 5. The van der Waals surface area contributed by atoms with Crippen LogP contribution < -0.4 is 10.6 Å². The third kappa shape index (κ3) is 4.25. The summed E-state index contributed by atoms with van der Waals surface area (Å²) >= 11 is 0. The zero-order valence-electron chi connectivity index (χ0n) is 13.7. The van der Waals surface area contributed by atoms with E-state index in [2.05, 4.69) is 46.0 Å². The molecule has 0 bridgehead atoms. The normalized spacial score (nSPS) is 20.6. The molecular weight excluding hydrogens is 284 g/mol. The van der Waals surface area contributed by atoms with Crippen LogP contribution in [0.1, 0.15) is 50.5 Å². The van der Waals surface area contributed by atoms with Crippen LogP contribution in [0.25, 0.3) is 0 Å². The summed E-state index contributed by atoms with van der Waals surface area (Å²) in [6.45, 7) is 1.76. The maximum Gasteiger partial charge on any atom is 0.209 e. The lowest BCUT2D eigenvalue weighted by molar-refractivity contribution is 0.291. The van der Waals surface area contributed by atoms with Gasteiger partial charge in [0.05, 0.1) is 0 Å². The summed E-state index contributed by atoms with van der Waals surface area (Å²) in [5.41, 5.74) is 1.57. The van der Waals surface area contributed by atoms with Gasteiger partial charge in [0.1, 0.15) is 0 Å². The number of nitrogens with one attached hydrogen (secondary N) is 2. The minimum Gasteiger partial charge on any atom is -0.355 e. The Morgan fingerprint density at radius 1 is 1.13 bits per heavy atom. The standard InChI is InChI=1S/C19H26N4/c20-15-23-18(21-13-16-9-10-16)22-14-19(11-5-2-6-12-19)17-7-3-1-4-8-17/h1,3-4,7-8,16H,2,5-6,9-14H2,(H2,21,22,23). The average molecular weight is 310 g/mol. The van der Waals surface area contributed by atoms with Crippen molar-refractivity contribution in [1.29, 1.82) is 5.26 Å². The number of hydrogen-bond acceptors (Lipinski definition) is 2. The maximum atomic E-state index is 8.92. The lowest BCUT2D eigenvalue weighted by Crippen LogP contribution is -2.46. The summed E-state index contributed by atoms with van der Waals surface area (Å²) in [4.78, 5) is 3.93. The summed E-state index contributed by atoms with van der Waals surface area (Å²) in [7, 11) is 0. The topological polar surface area (TPSA) is 60.2 Å². The molecule has 4 nitrogen and oxygen atoms in total. The predicted octanol–water partition coefficient (Wildman–Crippen LogP) is 3.31. The number of hydrogen-bond donors (Lipinski definition) is 2. The second-order valence-electron chi connectivity index (χ2n) is 6.95. The van der Waals surface area contributed by atoms with Crippen molar-refractivity contribution >= 4 is 5.96 Å². The van der Waals surface area contributed by atoms with Crippen molar-refractivity contribution in [3.8, 4) is 6.19 Å². The van der Waals surface area contributed by atoms with Gasteiger partial charge in [-0.15, -0.1) is 4.99 Å². The minimum atomic E-state index is 0.164. The lowest BCUT2D eigenvalue weighted by atomic mass is 9.69. The van der Waals surface area contributed by atoms with Crippen molar-refractivity contribution < 1.29 is 0 Å². The Morgan fingerprint density at radius 2 is 1.87 bits per heavy atom. The quantitative estimate of drug-likeness (QED) is 0.498. The fraction of sp³-hybridized carbons (Fsp3) is 0.579. The number of benzene rings is 1. The maximum absolute atomic E-state index is 8.92. The van der Waals surface area contributed by atoms with E-state index in [-0.39, 0.29) is 5.41 Å². The molecule has 0 heterocycles. The van der Waals surface area contributed by atoms with Crippen molar-refractivity contribution in [3.05, 3.63) is 35.9 Å². The van der Waals surface area contributed by atoms with Crippen LogP contribution in [-0.2, 0) is 5.41 Å². The molecule has 4 heteroatoms. The molecule has 23 heavy (non-hydrogen) atoms. The largest absolute Gasteiger partial charge is 0.355 e. The van der Waals surface area contributed by atoms with E-state index in [1.54, 1.807) is 0 Å². The smallest absolute Gasteiger partial charge is 0.209 e. The van der Waals surface area contributed by atoms with Crippen LogP contribution in [0.2, 0.25) is 0 Å². The van der Waals surface area contributed by atoms with Crippen molar-refractivity contribution in [2.45, 2.75) is 50.4 Å². The fourth-order valence-corrected chi connectivity index (χ4v) is 3.60. The van der Waals surface area contributed by atoms with Crippen LogP contribution in [0.3, 0.4) is 0 Å². The van der Waals surface area contributed by atoms with Crippen LogP contribution in [0.5, 0.6) is 0 Å². The van der Waals surface area contributed by atoms with Gasteiger partial charge in [-0.1, -0.05) is 49.6 Å². The van der Waals surface area contributed by atoms with E-state index in [0.717, 1.165) is 19.0 Å². The average Bonchev–Trinajstić information content (AvgIpc) is 3.43. The SMILES string of the molecule is N#C/N=C(\NCC1CC1)NCC1(c2ccccc2)CCCCC1. The van der Waals surface area contributed by atoms with E-state index < -0.39 is 0 Å². The molecule has 0 spiro atoms. The number of aliphatic imine (C=N–C) groups is 1. The second-order valence-corrected chi connectivity index (χ2v) is 6.95. The molecule has 2 aliphatic carbocycles. The molecule has 2 saturated carbocycles. The van der Waals surface area contributed by atoms with Gasteiger partial charge in [-0.2, -0.15) is 5.26 Å². The van der Waals surface area contributed by atoms with Gasteiger partial charge in [0.2, 0.25) is 12.2 Å². The van der Waals surface area contributed by atoms with Crippen molar-refractivity contribution in [2.75, 3.05) is 13.1 Å². The third-order valence-corrected chi connectivity index (χ3v) is 5.21. The molecule has 3 rings (SSSR count). The number of nitriles is 1. The molecule has 0 amide bonds. The van der Waals surface area contributed by atoms with Gasteiger partial charge >= 0.3 is 0 Å². The van der Waals surface area contributed by atoms with Crippen LogP contribution in [0.4, 0.5) is 0 Å². The van der Waals surface area contributed by atoms with E-state index in [1.807, 2.05) is 6.19 Å². The second kappa shape index (κ2) is 7.50. The van der Waals surface area contributed by atoms with Crippen molar-refractivity contribution in [2.24, 2.45) is 10.9 Å². The first kappa shape index (κ1) is 15.9. The van der Waals surface area contributed by atoms with Crippen LogP contribution in [0, 0.1) is 17.4 Å². The molecule has 0 aromatic heterocycles. The van der Waals surface area contributed by atoms with Gasteiger partial charge in [0, 0.05) is 18.5 Å². The molecule has 2 N–H and O–H groups in total. The summed E-state index contributed by atoms with van der Waals surface area (Å²) in [5, 5.41) is 15.7. The van der Waals surface area contributed by atoms with Crippen molar-refractivity contribution in [1.82, 2.24) is 10.6 Å². The molecule has 2 aliphatic rings. The highest BCUT2D eigenvalue weighted by atomic mass is 15.2. The lowest BCUT2D eigenvalue weighted by Gasteiger charge is -2.38. The molecule has 0 aliphatic heterocycles. The van der Waals surface area contributed by atoms with Gasteiger partial charge in [-0.25, -0.2) is 0 Å². The van der Waals surface area contributed by atoms with Gasteiger partial charge in [0.15, 0.2) is 0 Å². The molecule has 0 unspecified atom stereocenters. The van der Waals surface area contributed by atoms with Gasteiger partial charge < -0.3 is 10.6 Å². The first-order chi connectivity index (χ1) is 11.3. The molecule has 0 radical (unpaired) electrons. The highest BCUT2D eigenvalue weighted by Crippen LogP contribution is 2.38. The number of nitrogens with zero attached hydrogens (tertiary/aromatic N) is 2. The third-order valence-electron chi connectivity index (χ3n) is 5.21. The zero-order chi connectivity index (χ0) is 16.0. The molecule has 2 fully saturated rings. The zero-order valence-corrected chi connectivity index (χ0v) is 13.7. The fourth-order valence-electron chi connectivity index (χ4n) is 3.60. The van der Waals surface area contributed by atoms with E-state index in [4.69, 9.17) is 5.26 Å². The summed E-state index contributed by atoms with van der Waals surface area (Å²) < 4.78 is 0. The van der Waals surface area contributed by atoms with E-state index in [9.17, 15) is 0 Å². The van der Waals surface area contributed by atoms with E-state index >= 15 is 0 Å². The number of guanidine groups is 1. The highest BCUT2D eigenvalue weighted by Gasteiger charge is 2.34. The molecular formula is C19H26N4. The van der Waals surface area contributed by atoms with Gasteiger partial charge in [-0.05, 0) is 37.2 Å². The first-order valence-corrected chi connectivity index (χ1v) is 8.82. The Morgan fingerprint density at radius 3 is 2.52 bits per heavy atom. The van der Waals surface area contributed by atoms with Gasteiger partial charge in [0.25, 0.3) is 0 Å². The van der Waals surface area contributed by atoms with E-state index in [1.165, 1.54) is 50.5 Å². The first-order valence-electron chi connectivity index (χ1n) is 8.82. The monoisotopic (exact) mass is 310 g/mol. The Balaban J connectivity index is 1.68. The van der Waals surface area contributed by atoms with Crippen LogP contribution in [-0.4, -0.2) is 19.0 Å². The molecule has 0 atom stereocenters. The molecule has 122 valence electrons. The predicted molar refractivity (Wildman–Crippen MR) is 93.0 cm³/mol. The highest BCUT2D eigenvalue weighted by molar-refractivity contribution is 5.80. The molecule has 1 aromatic rings. The van der Waals surface area contributed by atoms with E-state index in [0.29, 0.717) is 5.96 Å². The Labute approximate surface area is 139 Å². The molecule has 0 saturated heterocycles. The Hall–Kier alpha value is -2.02.